The Balaban J connectivity index is 1.75. The van der Waals surface area contributed by atoms with Gasteiger partial charge in [0.2, 0.25) is 5.95 Å². The molecule has 3 heterocycles. The number of hydrogen-bond donors (Lipinski definition) is 0. The van der Waals surface area contributed by atoms with Gasteiger partial charge in [-0.3, -0.25) is 4.57 Å². The lowest BCUT2D eigenvalue weighted by Gasteiger charge is -2.33. The first-order chi connectivity index (χ1) is 11.3. The Labute approximate surface area is 136 Å². The molecule has 4 rings (SSSR count). The highest BCUT2D eigenvalue weighted by atomic mass is 15.4. The Kier molecular flexibility index (Phi) is 3.71. The molecule has 1 aromatic carbocycles. The molecule has 3 aromatic rings. The van der Waals surface area contributed by atoms with Gasteiger partial charge >= 0.3 is 0 Å². The van der Waals surface area contributed by atoms with E-state index >= 15 is 0 Å². The van der Waals surface area contributed by atoms with E-state index in [1.54, 1.807) is 0 Å². The molecule has 0 N–H and O–H groups in total. The van der Waals surface area contributed by atoms with Crippen LogP contribution in [0.4, 0.5) is 5.95 Å². The van der Waals surface area contributed by atoms with Gasteiger partial charge in [0.25, 0.3) is 0 Å². The summed E-state index contributed by atoms with van der Waals surface area (Å²) >= 11 is 0. The molecular formula is C18H21N5. The number of hydrogen-bond acceptors (Lipinski definition) is 4. The lowest BCUT2D eigenvalue weighted by molar-refractivity contribution is 0.310. The standard InChI is InChI=1S/C18H21N5/c1-21-10-12-22(13-11-21)18-20-16-8-5-9-19-17(16)23(18)14-15-6-3-2-4-7-15/h2-9H,10-14H2,1H3. The van der Waals surface area contributed by atoms with Crippen LogP contribution in [0.25, 0.3) is 11.2 Å². The second kappa shape index (κ2) is 6.01. The van der Waals surface area contributed by atoms with Crippen molar-refractivity contribution in [2.24, 2.45) is 0 Å². The van der Waals surface area contributed by atoms with Crippen LogP contribution in [0.2, 0.25) is 0 Å². The third kappa shape index (κ3) is 2.80. The van der Waals surface area contributed by atoms with Crippen molar-refractivity contribution in [3.63, 3.8) is 0 Å². The highest BCUT2D eigenvalue weighted by Gasteiger charge is 2.21. The van der Waals surface area contributed by atoms with Gasteiger partial charge in [0.15, 0.2) is 5.65 Å². The Hall–Kier alpha value is -2.40. The number of pyridine rings is 1. The van der Waals surface area contributed by atoms with Crippen LogP contribution in [0.1, 0.15) is 5.56 Å². The monoisotopic (exact) mass is 307 g/mol. The molecule has 1 aliphatic rings. The molecular weight excluding hydrogens is 286 g/mol. The van der Waals surface area contributed by atoms with E-state index in [9.17, 15) is 0 Å². The van der Waals surface area contributed by atoms with Crippen LogP contribution in [0.3, 0.4) is 0 Å². The van der Waals surface area contributed by atoms with E-state index in [-0.39, 0.29) is 0 Å². The summed E-state index contributed by atoms with van der Waals surface area (Å²) in [5.41, 5.74) is 3.20. The first-order valence-electron chi connectivity index (χ1n) is 8.10. The summed E-state index contributed by atoms with van der Waals surface area (Å²) in [5.74, 6) is 1.04. The average molecular weight is 307 g/mol. The highest BCUT2D eigenvalue weighted by molar-refractivity contribution is 5.74. The predicted molar refractivity (Wildman–Crippen MR) is 92.8 cm³/mol. The normalized spacial score (nSPS) is 16.1. The number of fused-ring (bicyclic) bond motifs is 1. The van der Waals surface area contributed by atoms with Crippen molar-refractivity contribution >= 4 is 17.1 Å². The maximum Gasteiger partial charge on any atom is 0.208 e. The third-order valence-corrected chi connectivity index (χ3v) is 4.45. The van der Waals surface area contributed by atoms with Gasteiger partial charge in [0, 0.05) is 32.4 Å². The number of likely N-dealkylation sites (N-methyl/N-ethyl adjacent to an activating group) is 1. The number of nitrogens with zero attached hydrogens (tertiary/aromatic N) is 5. The minimum atomic E-state index is 0.802. The molecule has 0 saturated carbocycles. The van der Waals surface area contributed by atoms with Crippen molar-refractivity contribution in [3.8, 4) is 0 Å². The first-order valence-corrected chi connectivity index (χ1v) is 8.10. The van der Waals surface area contributed by atoms with Crippen LogP contribution in [0, 0.1) is 0 Å². The van der Waals surface area contributed by atoms with Crippen molar-refractivity contribution in [1.29, 1.82) is 0 Å². The molecule has 0 unspecified atom stereocenters. The van der Waals surface area contributed by atoms with Gasteiger partial charge in [0.1, 0.15) is 5.52 Å². The quantitative estimate of drug-likeness (QED) is 0.743. The molecule has 0 radical (unpaired) electrons. The minimum Gasteiger partial charge on any atom is -0.340 e. The number of imidazole rings is 1. The van der Waals surface area contributed by atoms with E-state index in [2.05, 4.69) is 56.7 Å². The molecule has 0 amide bonds. The summed E-state index contributed by atoms with van der Waals surface area (Å²) in [6.07, 6.45) is 1.85. The van der Waals surface area contributed by atoms with Crippen molar-refractivity contribution in [1.82, 2.24) is 19.4 Å². The molecule has 1 aliphatic heterocycles. The molecule has 0 spiro atoms. The molecule has 1 fully saturated rings. The van der Waals surface area contributed by atoms with E-state index < -0.39 is 0 Å². The van der Waals surface area contributed by atoms with Crippen molar-refractivity contribution < 1.29 is 0 Å². The van der Waals surface area contributed by atoms with Gasteiger partial charge in [-0.05, 0) is 24.7 Å². The molecule has 5 nitrogen and oxygen atoms in total. The van der Waals surface area contributed by atoms with Gasteiger partial charge < -0.3 is 9.80 Å². The van der Waals surface area contributed by atoms with Gasteiger partial charge in [-0.2, -0.15) is 0 Å². The van der Waals surface area contributed by atoms with E-state index in [1.807, 2.05) is 18.3 Å². The fourth-order valence-corrected chi connectivity index (χ4v) is 3.11. The summed E-state index contributed by atoms with van der Waals surface area (Å²) in [5, 5.41) is 0. The number of anilines is 1. The van der Waals surface area contributed by atoms with Gasteiger partial charge in [-0.25, -0.2) is 9.97 Å². The minimum absolute atomic E-state index is 0.802. The van der Waals surface area contributed by atoms with Crippen LogP contribution < -0.4 is 4.90 Å². The van der Waals surface area contributed by atoms with Gasteiger partial charge in [-0.1, -0.05) is 30.3 Å². The van der Waals surface area contributed by atoms with Gasteiger partial charge in [0.05, 0.1) is 6.54 Å². The summed E-state index contributed by atoms with van der Waals surface area (Å²) in [6.45, 7) is 4.96. The van der Waals surface area contributed by atoms with Crippen LogP contribution in [0.5, 0.6) is 0 Å². The summed E-state index contributed by atoms with van der Waals surface area (Å²) in [7, 11) is 2.17. The zero-order valence-corrected chi connectivity index (χ0v) is 13.4. The third-order valence-electron chi connectivity index (χ3n) is 4.45. The summed E-state index contributed by atoms with van der Waals surface area (Å²) in [4.78, 5) is 14.2. The van der Waals surface area contributed by atoms with E-state index in [4.69, 9.17) is 4.98 Å². The Morgan fingerprint density at radius 2 is 1.74 bits per heavy atom. The predicted octanol–water partition coefficient (Wildman–Crippen LogP) is 2.23. The lowest BCUT2D eigenvalue weighted by atomic mass is 10.2. The van der Waals surface area contributed by atoms with Crippen LogP contribution in [-0.4, -0.2) is 52.7 Å². The number of aromatic nitrogens is 3. The maximum atomic E-state index is 4.87. The average Bonchev–Trinajstić information content (AvgIpc) is 2.95. The summed E-state index contributed by atoms with van der Waals surface area (Å²) < 4.78 is 2.25. The Morgan fingerprint density at radius 3 is 2.52 bits per heavy atom. The van der Waals surface area contributed by atoms with Crippen LogP contribution in [0.15, 0.2) is 48.7 Å². The number of rotatable bonds is 3. The first kappa shape index (κ1) is 14.2. The van der Waals surface area contributed by atoms with Crippen LogP contribution in [-0.2, 0) is 6.54 Å². The zero-order valence-electron chi connectivity index (χ0n) is 13.4. The number of benzene rings is 1. The Morgan fingerprint density at radius 1 is 0.957 bits per heavy atom. The van der Waals surface area contributed by atoms with Gasteiger partial charge in [-0.15, -0.1) is 0 Å². The zero-order chi connectivity index (χ0) is 15.6. The summed E-state index contributed by atoms with van der Waals surface area (Å²) in [6, 6.07) is 14.5. The highest BCUT2D eigenvalue weighted by Crippen LogP contribution is 2.23. The smallest absolute Gasteiger partial charge is 0.208 e. The van der Waals surface area contributed by atoms with E-state index in [1.165, 1.54) is 5.56 Å². The van der Waals surface area contributed by atoms with Crippen LogP contribution >= 0.6 is 0 Å². The van der Waals surface area contributed by atoms with E-state index in [0.717, 1.165) is 49.8 Å². The number of piperazine rings is 1. The largest absolute Gasteiger partial charge is 0.340 e. The lowest BCUT2D eigenvalue weighted by Crippen LogP contribution is -2.45. The molecule has 0 bridgehead atoms. The molecule has 118 valence electrons. The second-order valence-corrected chi connectivity index (χ2v) is 6.12. The SMILES string of the molecule is CN1CCN(c2nc3cccnc3n2Cc2ccccc2)CC1. The maximum absolute atomic E-state index is 4.87. The van der Waals surface area contributed by atoms with Crippen molar-refractivity contribution in [2.45, 2.75) is 6.54 Å². The fraction of sp³-hybridized carbons (Fsp3) is 0.333. The molecule has 23 heavy (non-hydrogen) atoms. The molecule has 0 atom stereocenters. The molecule has 2 aromatic heterocycles. The van der Waals surface area contributed by atoms with E-state index in [0.29, 0.717) is 0 Å². The molecule has 5 heteroatoms. The topological polar surface area (TPSA) is 37.2 Å². The van der Waals surface area contributed by atoms with Crippen molar-refractivity contribution in [3.05, 3.63) is 54.2 Å². The Bertz CT molecular complexity index is 788. The molecule has 0 aliphatic carbocycles. The fourth-order valence-electron chi connectivity index (χ4n) is 3.11. The molecule has 1 saturated heterocycles. The van der Waals surface area contributed by atoms with Crippen molar-refractivity contribution in [2.75, 3.05) is 38.1 Å². The second-order valence-electron chi connectivity index (χ2n) is 6.12.